The van der Waals surface area contributed by atoms with Gasteiger partial charge in [0.2, 0.25) is 5.27 Å². The summed E-state index contributed by atoms with van der Waals surface area (Å²) in [6.45, 7) is 0. The molecule has 0 bridgehead atoms. The first-order valence-corrected chi connectivity index (χ1v) is 3.88. The molecule has 0 aliphatic rings. The maximum Gasteiger partial charge on any atom is 0.493 e. The van der Waals surface area contributed by atoms with Crippen LogP contribution in [0.4, 0.5) is 0 Å². The van der Waals surface area contributed by atoms with Gasteiger partial charge < -0.3 is 0 Å². The predicted molar refractivity (Wildman–Crippen MR) is 43.7 cm³/mol. The summed E-state index contributed by atoms with van der Waals surface area (Å²) >= 11 is 5.84. The number of H-pyrrole nitrogens is 1. The van der Waals surface area contributed by atoms with Crippen molar-refractivity contribution in [2.24, 2.45) is 0 Å². The van der Waals surface area contributed by atoms with E-state index < -0.39 is 5.76 Å². The largest absolute Gasteiger partial charge is 0.493 e. The second-order valence-corrected chi connectivity index (χ2v) is 2.74. The van der Waals surface area contributed by atoms with Gasteiger partial charge in [-0.05, 0) is 6.07 Å². The third-order valence-electron chi connectivity index (χ3n) is 1.48. The van der Waals surface area contributed by atoms with Gasteiger partial charge in [0.1, 0.15) is 5.02 Å². The number of para-hydroxylation sites is 1. The van der Waals surface area contributed by atoms with Crippen molar-refractivity contribution in [3.63, 3.8) is 0 Å². The van der Waals surface area contributed by atoms with Gasteiger partial charge in [-0.25, -0.2) is 9.32 Å². The molecule has 0 unspecified atom stereocenters. The smallest absolute Gasteiger partial charge is 0.239 e. The zero-order valence-electron chi connectivity index (χ0n) is 6.40. The third-order valence-corrected chi connectivity index (χ3v) is 1.80. The fourth-order valence-corrected chi connectivity index (χ4v) is 1.15. The first-order chi connectivity index (χ1) is 6.27. The molecule has 1 aromatic heterocycles. The Bertz CT molecular complexity index is 476. The SMILES string of the molecule is O=c1[nH][n+](-c2ccccc2Cl)no1. The van der Waals surface area contributed by atoms with Gasteiger partial charge in [0.05, 0.1) is 4.80 Å². The van der Waals surface area contributed by atoms with Gasteiger partial charge in [0, 0.05) is 6.07 Å². The van der Waals surface area contributed by atoms with Gasteiger partial charge in [0.25, 0.3) is 5.69 Å². The van der Waals surface area contributed by atoms with Crippen LogP contribution in [0.15, 0.2) is 33.6 Å². The van der Waals surface area contributed by atoms with Crippen LogP contribution in [-0.2, 0) is 0 Å². The maximum absolute atomic E-state index is 10.6. The summed E-state index contributed by atoms with van der Waals surface area (Å²) < 4.78 is 4.32. The molecule has 0 saturated heterocycles. The highest BCUT2D eigenvalue weighted by molar-refractivity contribution is 6.32. The lowest BCUT2D eigenvalue weighted by atomic mass is 10.3. The fourth-order valence-electron chi connectivity index (χ4n) is 0.933. The van der Waals surface area contributed by atoms with Crippen molar-refractivity contribution >= 4 is 11.6 Å². The molecule has 0 atom stereocenters. The highest BCUT2D eigenvalue weighted by Crippen LogP contribution is 2.12. The zero-order valence-corrected chi connectivity index (χ0v) is 7.15. The van der Waals surface area contributed by atoms with Crippen LogP contribution >= 0.6 is 11.6 Å². The normalized spacial score (nSPS) is 10.2. The summed E-state index contributed by atoms with van der Waals surface area (Å²) in [7, 11) is 0. The minimum Gasteiger partial charge on any atom is -0.239 e. The molecule has 5 nitrogen and oxygen atoms in total. The van der Waals surface area contributed by atoms with Crippen molar-refractivity contribution < 1.29 is 9.32 Å². The molecule has 0 aliphatic heterocycles. The van der Waals surface area contributed by atoms with E-state index in [0.29, 0.717) is 10.7 Å². The molecule has 0 aliphatic carbocycles. The number of rotatable bonds is 1. The molecule has 0 fully saturated rings. The van der Waals surface area contributed by atoms with Crippen LogP contribution in [0, 0.1) is 0 Å². The van der Waals surface area contributed by atoms with Crippen LogP contribution < -0.4 is 10.6 Å². The molecular formula is C7H5ClN3O2+. The van der Waals surface area contributed by atoms with Crippen molar-refractivity contribution in [3.05, 3.63) is 39.8 Å². The highest BCUT2D eigenvalue weighted by atomic mass is 35.5. The Kier molecular flexibility index (Phi) is 1.86. The number of hydrogen-bond acceptors (Lipinski definition) is 3. The zero-order chi connectivity index (χ0) is 9.26. The standard InChI is InChI=1S/C7H4ClN3O2/c8-5-3-1-2-4-6(5)11-9-7(12)13-10-11/h1-4H/p+1. The van der Waals surface area contributed by atoms with Crippen LogP contribution in [0.5, 0.6) is 0 Å². The van der Waals surface area contributed by atoms with E-state index >= 15 is 0 Å². The number of hydrogen-bond donors (Lipinski definition) is 1. The molecule has 0 saturated carbocycles. The minimum atomic E-state index is -0.625. The van der Waals surface area contributed by atoms with Crippen molar-refractivity contribution in [2.75, 3.05) is 0 Å². The molecule has 1 heterocycles. The average Bonchev–Trinajstić information content (AvgIpc) is 2.53. The van der Waals surface area contributed by atoms with Gasteiger partial charge in [0.15, 0.2) is 0 Å². The van der Waals surface area contributed by atoms with Crippen molar-refractivity contribution in [1.29, 1.82) is 0 Å². The fraction of sp³-hybridized carbons (Fsp3) is 0. The second-order valence-electron chi connectivity index (χ2n) is 2.34. The van der Waals surface area contributed by atoms with E-state index in [1.807, 2.05) is 0 Å². The van der Waals surface area contributed by atoms with E-state index in [-0.39, 0.29) is 0 Å². The molecule has 0 amide bonds. The monoisotopic (exact) mass is 198 g/mol. The summed E-state index contributed by atoms with van der Waals surface area (Å²) in [5.74, 6) is -0.625. The van der Waals surface area contributed by atoms with Gasteiger partial charge in [-0.2, -0.15) is 0 Å². The highest BCUT2D eigenvalue weighted by Gasteiger charge is 2.15. The summed E-state index contributed by atoms with van der Waals surface area (Å²) in [6, 6.07) is 6.96. The molecule has 1 N–H and O–H groups in total. The predicted octanol–water partition coefficient (Wildman–Crippen LogP) is 0.293. The lowest BCUT2D eigenvalue weighted by Crippen LogP contribution is -2.37. The van der Waals surface area contributed by atoms with E-state index in [2.05, 4.69) is 14.9 Å². The Balaban J connectivity index is 2.58. The average molecular weight is 199 g/mol. The van der Waals surface area contributed by atoms with Crippen molar-refractivity contribution in [2.45, 2.75) is 0 Å². The number of nitrogens with one attached hydrogen (secondary N) is 1. The molecule has 2 aromatic rings. The molecule has 0 spiro atoms. The molecule has 1 aromatic carbocycles. The second kappa shape index (κ2) is 3.02. The van der Waals surface area contributed by atoms with Crippen molar-refractivity contribution in [1.82, 2.24) is 10.4 Å². The van der Waals surface area contributed by atoms with Gasteiger partial charge in [-0.3, -0.25) is 0 Å². The topological polar surface area (TPSA) is 62.8 Å². The number of nitrogens with zero attached hydrogens (tertiary/aromatic N) is 2. The third kappa shape index (κ3) is 1.46. The van der Waals surface area contributed by atoms with E-state index in [1.54, 1.807) is 24.3 Å². The Hall–Kier alpha value is -1.62. The lowest BCUT2D eigenvalue weighted by molar-refractivity contribution is -0.725. The van der Waals surface area contributed by atoms with Gasteiger partial charge >= 0.3 is 5.76 Å². The van der Waals surface area contributed by atoms with Gasteiger partial charge in [-0.1, -0.05) is 28.8 Å². The van der Waals surface area contributed by atoms with Crippen LogP contribution in [0.25, 0.3) is 5.69 Å². The number of aromatic amines is 1. The first-order valence-electron chi connectivity index (χ1n) is 3.50. The van der Waals surface area contributed by atoms with E-state index in [9.17, 15) is 4.79 Å². The summed E-state index contributed by atoms with van der Waals surface area (Å²) in [4.78, 5) is 11.8. The van der Waals surface area contributed by atoms with E-state index in [1.165, 1.54) is 4.80 Å². The van der Waals surface area contributed by atoms with Crippen molar-refractivity contribution in [3.8, 4) is 5.69 Å². The van der Waals surface area contributed by atoms with Crippen LogP contribution in [0.1, 0.15) is 0 Å². The first kappa shape index (κ1) is 8.00. The summed E-state index contributed by atoms with van der Waals surface area (Å²) in [5.41, 5.74) is 0.565. The molecule has 66 valence electrons. The minimum absolute atomic E-state index is 0.483. The Morgan fingerprint density at radius 1 is 1.46 bits per heavy atom. The van der Waals surface area contributed by atoms with Crippen LogP contribution in [0.3, 0.4) is 0 Å². The maximum atomic E-state index is 10.6. The molecule has 6 heteroatoms. The number of aromatic nitrogens is 3. The summed E-state index contributed by atoms with van der Waals surface area (Å²) in [6.07, 6.45) is 0. The Labute approximate surface area is 77.5 Å². The Morgan fingerprint density at radius 2 is 2.23 bits per heavy atom. The Morgan fingerprint density at radius 3 is 2.85 bits per heavy atom. The molecule has 13 heavy (non-hydrogen) atoms. The lowest BCUT2D eigenvalue weighted by Gasteiger charge is -1.87. The summed E-state index contributed by atoms with van der Waals surface area (Å²) in [5, 5.41) is 6.25. The van der Waals surface area contributed by atoms with Crippen LogP contribution in [0.2, 0.25) is 5.02 Å². The quantitative estimate of drug-likeness (QED) is 0.670. The van der Waals surface area contributed by atoms with E-state index in [4.69, 9.17) is 11.6 Å². The molecular weight excluding hydrogens is 194 g/mol. The molecule has 2 rings (SSSR count). The number of benzene rings is 1. The molecule has 0 radical (unpaired) electrons. The van der Waals surface area contributed by atoms with Crippen LogP contribution in [-0.4, -0.2) is 10.4 Å². The number of halogens is 1. The van der Waals surface area contributed by atoms with E-state index in [0.717, 1.165) is 0 Å². The van der Waals surface area contributed by atoms with Gasteiger partial charge in [-0.15, -0.1) is 0 Å².